The van der Waals surface area contributed by atoms with Crippen molar-refractivity contribution in [2.45, 2.75) is 26.2 Å². The quantitative estimate of drug-likeness (QED) is 0.803. The lowest BCUT2D eigenvalue weighted by molar-refractivity contribution is -0.121. The number of aromatic nitrogens is 2. The van der Waals surface area contributed by atoms with Crippen LogP contribution in [0.15, 0.2) is 0 Å². The third kappa shape index (κ3) is 2.14. The van der Waals surface area contributed by atoms with E-state index in [1.807, 2.05) is 11.7 Å². The largest absolute Gasteiger partial charge is 0.394 e. The lowest BCUT2D eigenvalue weighted by atomic mass is 10.1. The first-order valence-electron chi connectivity index (χ1n) is 6.40. The summed E-state index contributed by atoms with van der Waals surface area (Å²) in [6.45, 7) is 3.56. The average molecular weight is 251 g/mol. The Labute approximate surface area is 107 Å². The minimum absolute atomic E-state index is 0.0751. The summed E-state index contributed by atoms with van der Waals surface area (Å²) in [5.41, 5.74) is 13.2. The highest BCUT2D eigenvalue weighted by molar-refractivity contribution is 5.79. The van der Waals surface area contributed by atoms with Crippen molar-refractivity contribution in [2.24, 2.45) is 18.7 Å². The van der Waals surface area contributed by atoms with Crippen LogP contribution in [-0.4, -0.2) is 28.8 Å². The normalized spacial score (nSPS) is 19.4. The molecule has 0 bridgehead atoms. The number of aryl methyl sites for hydroxylation is 2. The Kier molecular flexibility index (Phi) is 3.45. The molecule has 1 aliphatic heterocycles. The Morgan fingerprint density at radius 1 is 1.56 bits per heavy atom. The molecule has 6 nitrogen and oxygen atoms in total. The summed E-state index contributed by atoms with van der Waals surface area (Å²) in [6.07, 6.45) is 2.69. The fourth-order valence-corrected chi connectivity index (χ4v) is 2.57. The molecule has 18 heavy (non-hydrogen) atoms. The molecule has 0 spiro atoms. The van der Waals surface area contributed by atoms with Gasteiger partial charge in [-0.15, -0.1) is 0 Å². The molecule has 1 amide bonds. The third-order valence-corrected chi connectivity index (χ3v) is 3.51. The summed E-state index contributed by atoms with van der Waals surface area (Å²) in [6, 6.07) is 0. The summed E-state index contributed by atoms with van der Waals surface area (Å²) in [5, 5.41) is 4.45. The molecule has 1 aliphatic rings. The van der Waals surface area contributed by atoms with Crippen molar-refractivity contribution >= 4 is 17.4 Å². The van der Waals surface area contributed by atoms with Crippen molar-refractivity contribution in [3.63, 3.8) is 0 Å². The maximum atomic E-state index is 11.2. The van der Waals surface area contributed by atoms with E-state index in [0.29, 0.717) is 6.54 Å². The number of amides is 1. The first-order chi connectivity index (χ1) is 8.54. The van der Waals surface area contributed by atoms with Crippen LogP contribution in [0.5, 0.6) is 0 Å². The maximum Gasteiger partial charge on any atom is 0.222 e. The van der Waals surface area contributed by atoms with Crippen LogP contribution in [-0.2, 0) is 18.3 Å². The van der Waals surface area contributed by atoms with Gasteiger partial charge in [0.05, 0.1) is 17.3 Å². The lowest BCUT2D eigenvalue weighted by Crippen LogP contribution is -2.28. The molecule has 4 N–H and O–H groups in total. The number of nitrogens with two attached hydrogens (primary N) is 2. The number of rotatable bonds is 4. The number of primary amides is 1. The molecule has 0 radical (unpaired) electrons. The number of anilines is 2. The van der Waals surface area contributed by atoms with Gasteiger partial charge in [-0.2, -0.15) is 5.10 Å². The third-order valence-electron chi connectivity index (χ3n) is 3.51. The van der Waals surface area contributed by atoms with Crippen molar-refractivity contribution in [1.82, 2.24) is 9.78 Å². The predicted octanol–water partition coefficient (Wildman–Crippen LogP) is 0.266. The predicted molar refractivity (Wildman–Crippen MR) is 71.1 cm³/mol. The molecule has 1 saturated heterocycles. The maximum absolute atomic E-state index is 11.2. The van der Waals surface area contributed by atoms with Gasteiger partial charge in [0, 0.05) is 20.1 Å². The van der Waals surface area contributed by atoms with Gasteiger partial charge in [0.2, 0.25) is 5.91 Å². The van der Waals surface area contributed by atoms with Crippen molar-refractivity contribution in [1.29, 1.82) is 0 Å². The van der Waals surface area contributed by atoms with Gasteiger partial charge >= 0.3 is 0 Å². The van der Waals surface area contributed by atoms with E-state index in [-0.39, 0.29) is 11.8 Å². The van der Waals surface area contributed by atoms with Crippen molar-refractivity contribution in [3.8, 4) is 0 Å². The van der Waals surface area contributed by atoms with Crippen molar-refractivity contribution in [3.05, 3.63) is 5.69 Å². The summed E-state index contributed by atoms with van der Waals surface area (Å²) in [4.78, 5) is 13.3. The number of nitrogens with zero attached hydrogens (tertiary/aromatic N) is 3. The molecular formula is C12H21N5O. The van der Waals surface area contributed by atoms with Crippen LogP contribution in [0.4, 0.5) is 11.5 Å². The molecular weight excluding hydrogens is 230 g/mol. The zero-order valence-corrected chi connectivity index (χ0v) is 11.0. The van der Waals surface area contributed by atoms with E-state index in [1.165, 1.54) is 0 Å². The molecule has 2 heterocycles. The van der Waals surface area contributed by atoms with E-state index in [1.54, 1.807) is 0 Å². The Balaban J connectivity index is 2.21. The van der Waals surface area contributed by atoms with Gasteiger partial charge in [0.15, 0.2) is 0 Å². The molecule has 0 saturated carbocycles. The van der Waals surface area contributed by atoms with Gasteiger partial charge in [0.1, 0.15) is 5.82 Å². The van der Waals surface area contributed by atoms with E-state index >= 15 is 0 Å². The molecule has 100 valence electrons. The molecule has 1 atom stereocenters. The van der Waals surface area contributed by atoms with Gasteiger partial charge in [-0.3, -0.25) is 9.48 Å². The fraction of sp³-hybridized carbons (Fsp3) is 0.667. The fourth-order valence-electron chi connectivity index (χ4n) is 2.57. The monoisotopic (exact) mass is 251 g/mol. The number of nitrogen functional groups attached to an aromatic ring is 1. The molecule has 1 aromatic rings. The number of hydrogen-bond donors (Lipinski definition) is 2. The van der Waals surface area contributed by atoms with E-state index in [9.17, 15) is 4.79 Å². The highest BCUT2D eigenvalue weighted by atomic mass is 16.1. The molecule has 2 rings (SSSR count). The van der Waals surface area contributed by atoms with Gasteiger partial charge in [-0.05, 0) is 12.8 Å². The number of carbonyl (C=O) groups is 1. The standard InChI is InChI=1S/C12H21N5O/c1-3-4-9-10(13)12(16(2)15-9)17-6-5-8(7-17)11(14)18/h8H,3-7,13H2,1-2H3,(H2,14,18). The average Bonchev–Trinajstić information content (AvgIpc) is 2.86. The van der Waals surface area contributed by atoms with Crippen LogP contribution in [0.3, 0.4) is 0 Å². The van der Waals surface area contributed by atoms with E-state index in [2.05, 4.69) is 16.9 Å². The minimum atomic E-state index is -0.230. The van der Waals surface area contributed by atoms with E-state index in [0.717, 1.165) is 43.0 Å². The Morgan fingerprint density at radius 2 is 2.28 bits per heavy atom. The van der Waals surface area contributed by atoms with Crippen LogP contribution in [0, 0.1) is 5.92 Å². The van der Waals surface area contributed by atoms with Crippen molar-refractivity contribution < 1.29 is 4.79 Å². The summed E-state index contributed by atoms with van der Waals surface area (Å²) >= 11 is 0. The summed E-state index contributed by atoms with van der Waals surface area (Å²) < 4.78 is 1.81. The minimum Gasteiger partial charge on any atom is -0.394 e. The second kappa shape index (κ2) is 4.88. The Hall–Kier alpha value is -1.72. The molecule has 0 aromatic carbocycles. The highest BCUT2D eigenvalue weighted by Crippen LogP contribution is 2.31. The second-order valence-corrected chi connectivity index (χ2v) is 4.89. The van der Waals surface area contributed by atoms with Crippen LogP contribution < -0.4 is 16.4 Å². The molecule has 1 unspecified atom stereocenters. The molecule has 0 aliphatic carbocycles. The van der Waals surface area contributed by atoms with E-state index in [4.69, 9.17) is 11.5 Å². The zero-order chi connectivity index (χ0) is 13.3. The first kappa shape index (κ1) is 12.7. The molecule has 1 fully saturated rings. The van der Waals surface area contributed by atoms with Gasteiger partial charge in [-0.25, -0.2) is 0 Å². The van der Waals surface area contributed by atoms with Gasteiger partial charge < -0.3 is 16.4 Å². The van der Waals surface area contributed by atoms with Crippen LogP contribution >= 0.6 is 0 Å². The lowest BCUT2D eigenvalue weighted by Gasteiger charge is -2.18. The van der Waals surface area contributed by atoms with Crippen LogP contribution in [0.2, 0.25) is 0 Å². The highest BCUT2D eigenvalue weighted by Gasteiger charge is 2.30. The summed E-state index contributed by atoms with van der Waals surface area (Å²) in [5.74, 6) is 0.614. The van der Waals surface area contributed by atoms with Crippen LogP contribution in [0.25, 0.3) is 0 Å². The number of carbonyl (C=O) groups excluding carboxylic acids is 1. The first-order valence-corrected chi connectivity index (χ1v) is 6.40. The van der Waals surface area contributed by atoms with Gasteiger partial charge in [-0.1, -0.05) is 13.3 Å². The number of hydrogen-bond acceptors (Lipinski definition) is 4. The molecule has 1 aromatic heterocycles. The van der Waals surface area contributed by atoms with Gasteiger partial charge in [0.25, 0.3) is 0 Å². The SMILES string of the molecule is CCCc1nn(C)c(N2CCC(C(N)=O)C2)c1N. The van der Waals surface area contributed by atoms with Crippen molar-refractivity contribution in [2.75, 3.05) is 23.7 Å². The van der Waals surface area contributed by atoms with E-state index < -0.39 is 0 Å². The molecule has 6 heteroatoms. The Morgan fingerprint density at radius 3 is 2.83 bits per heavy atom. The zero-order valence-electron chi connectivity index (χ0n) is 11.0. The smallest absolute Gasteiger partial charge is 0.222 e. The topological polar surface area (TPSA) is 90.2 Å². The van der Waals surface area contributed by atoms with Crippen LogP contribution in [0.1, 0.15) is 25.5 Å². The summed E-state index contributed by atoms with van der Waals surface area (Å²) in [7, 11) is 1.89. The second-order valence-electron chi connectivity index (χ2n) is 4.89. The Bertz CT molecular complexity index is 454.